The van der Waals surface area contributed by atoms with E-state index in [4.69, 9.17) is 16.3 Å². The fourth-order valence-electron chi connectivity index (χ4n) is 3.85. The molecule has 3 rings (SSSR count). The molecule has 20 heavy (non-hydrogen) atoms. The normalized spacial score (nSPS) is 28.8. The van der Waals surface area contributed by atoms with Crippen molar-refractivity contribution >= 4 is 11.6 Å². The third kappa shape index (κ3) is 2.38. The van der Waals surface area contributed by atoms with Gasteiger partial charge in [0.25, 0.3) is 0 Å². The molecule has 0 aliphatic heterocycles. The fourth-order valence-corrected chi connectivity index (χ4v) is 4.04. The molecule has 2 aliphatic rings. The molecule has 1 aromatic rings. The van der Waals surface area contributed by atoms with Crippen LogP contribution < -0.4 is 5.32 Å². The Bertz CT molecular complexity index is 472. The number of nitrogens with one attached hydrogen (secondary N) is 1. The highest BCUT2D eigenvalue weighted by Crippen LogP contribution is 2.57. The summed E-state index contributed by atoms with van der Waals surface area (Å²) in [5.74, 6) is 0. The molecule has 2 nitrogen and oxygen atoms in total. The first-order chi connectivity index (χ1) is 9.65. The molecular weight excluding hydrogens is 270 g/mol. The van der Waals surface area contributed by atoms with E-state index in [0.717, 1.165) is 18.1 Å². The van der Waals surface area contributed by atoms with Gasteiger partial charge < -0.3 is 10.1 Å². The summed E-state index contributed by atoms with van der Waals surface area (Å²) in [5.41, 5.74) is 1.69. The van der Waals surface area contributed by atoms with Crippen LogP contribution in [0.5, 0.6) is 0 Å². The Kier molecular flexibility index (Phi) is 4.07. The molecule has 3 heteroatoms. The number of benzene rings is 1. The van der Waals surface area contributed by atoms with Crippen molar-refractivity contribution in [2.75, 3.05) is 6.61 Å². The highest BCUT2D eigenvalue weighted by atomic mass is 35.5. The summed E-state index contributed by atoms with van der Waals surface area (Å²) in [5, 5.41) is 4.62. The molecule has 0 saturated heterocycles. The largest absolute Gasteiger partial charge is 0.378 e. The molecule has 0 radical (unpaired) electrons. The van der Waals surface area contributed by atoms with Gasteiger partial charge in [-0.2, -0.15) is 0 Å². The molecule has 0 aromatic heterocycles. The zero-order chi connectivity index (χ0) is 14.2. The molecule has 2 saturated carbocycles. The van der Waals surface area contributed by atoms with Crippen LogP contribution in [-0.4, -0.2) is 18.8 Å². The molecule has 0 amide bonds. The molecule has 1 aromatic carbocycles. The third-order valence-electron chi connectivity index (χ3n) is 5.24. The van der Waals surface area contributed by atoms with Crippen LogP contribution in [0.25, 0.3) is 0 Å². The monoisotopic (exact) mass is 293 g/mol. The van der Waals surface area contributed by atoms with E-state index in [0.29, 0.717) is 23.6 Å². The molecule has 3 atom stereocenters. The Labute approximate surface area is 126 Å². The topological polar surface area (TPSA) is 21.3 Å². The summed E-state index contributed by atoms with van der Waals surface area (Å²) >= 11 is 6.08. The molecule has 2 aliphatic carbocycles. The van der Waals surface area contributed by atoms with Crippen LogP contribution >= 0.6 is 11.6 Å². The average molecular weight is 294 g/mol. The van der Waals surface area contributed by atoms with E-state index in [-0.39, 0.29) is 0 Å². The highest BCUT2D eigenvalue weighted by Gasteiger charge is 2.58. The van der Waals surface area contributed by atoms with E-state index in [2.05, 4.69) is 31.3 Å². The van der Waals surface area contributed by atoms with Crippen molar-refractivity contribution in [1.29, 1.82) is 0 Å². The lowest BCUT2D eigenvalue weighted by Gasteiger charge is -2.61. The van der Waals surface area contributed by atoms with E-state index in [1.807, 2.05) is 12.1 Å². The minimum absolute atomic E-state index is 0.346. The quantitative estimate of drug-likeness (QED) is 0.872. The van der Waals surface area contributed by atoms with Crippen LogP contribution in [0.2, 0.25) is 5.02 Å². The maximum atomic E-state index is 6.08. The lowest BCUT2D eigenvalue weighted by atomic mass is 9.51. The Balaban J connectivity index is 1.64. The summed E-state index contributed by atoms with van der Waals surface area (Å²) in [7, 11) is 0. The Hall–Kier alpha value is -0.570. The van der Waals surface area contributed by atoms with Crippen molar-refractivity contribution in [3.8, 4) is 0 Å². The molecule has 1 spiro atoms. The van der Waals surface area contributed by atoms with Gasteiger partial charge in [-0.1, -0.05) is 30.2 Å². The van der Waals surface area contributed by atoms with Crippen LogP contribution in [0.4, 0.5) is 0 Å². The van der Waals surface area contributed by atoms with Crippen LogP contribution in [0.1, 0.15) is 51.1 Å². The van der Waals surface area contributed by atoms with Gasteiger partial charge in [0, 0.05) is 29.1 Å². The number of rotatable bonds is 5. The maximum absolute atomic E-state index is 6.08. The van der Waals surface area contributed by atoms with Crippen molar-refractivity contribution in [2.24, 2.45) is 5.41 Å². The minimum atomic E-state index is 0.346. The van der Waals surface area contributed by atoms with Gasteiger partial charge in [0.05, 0.1) is 6.10 Å². The fraction of sp³-hybridized carbons (Fsp3) is 0.647. The Morgan fingerprint density at radius 3 is 2.85 bits per heavy atom. The van der Waals surface area contributed by atoms with E-state index in [9.17, 15) is 0 Å². The number of hydrogen-bond donors (Lipinski definition) is 1. The molecule has 3 unspecified atom stereocenters. The van der Waals surface area contributed by atoms with Gasteiger partial charge in [-0.25, -0.2) is 0 Å². The lowest BCUT2D eigenvalue weighted by Crippen LogP contribution is -2.67. The summed E-state index contributed by atoms with van der Waals surface area (Å²) in [6.45, 7) is 5.16. The van der Waals surface area contributed by atoms with Gasteiger partial charge in [0.15, 0.2) is 0 Å². The summed E-state index contributed by atoms with van der Waals surface area (Å²) in [6, 6.07) is 9.11. The third-order valence-corrected chi connectivity index (χ3v) is 5.47. The van der Waals surface area contributed by atoms with Gasteiger partial charge in [-0.05, 0) is 50.8 Å². The molecule has 2 fully saturated rings. The first kappa shape index (κ1) is 14.4. The lowest BCUT2D eigenvalue weighted by molar-refractivity contribution is -0.174. The van der Waals surface area contributed by atoms with Crippen LogP contribution in [0, 0.1) is 5.41 Å². The smallest absolute Gasteiger partial charge is 0.0661 e. The second-order valence-corrected chi connectivity index (χ2v) is 6.70. The van der Waals surface area contributed by atoms with Gasteiger partial charge in [0.2, 0.25) is 0 Å². The van der Waals surface area contributed by atoms with Gasteiger partial charge in [0.1, 0.15) is 0 Å². The van der Waals surface area contributed by atoms with Crippen LogP contribution in [0.3, 0.4) is 0 Å². The van der Waals surface area contributed by atoms with Crippen LogP contribution in [-0.2, 0) is 4.74 Å². The van der Waals surface area contributed by atoms with Crippen molar-refractivity contribution < 1.29 is 4.74 Å². The van der Waals surface area contributed by atoms with E-state index < -0.39 is 0 Å². The summed E-state index contributed by atoms with van der Waals surface area (Å²) in [4.78, 5) is 0. The first-order valence-corrected chi connectivity index (χ1v) is 8.16. The van der Waals surface area contributed by atoms with Crippen LogP contribution in [0.15, 0.2) is 24.3 Å². The SMILES string of the molecule is CCOC1CC(NC(C)c2cccc(Cl)c2)C12CCC2. The van der Waals surface area contributed by atoms with E-state index in [1.165, 1.54) is 24.8 Å². The Morgan fingerprint density at radius 2 is 2.25 bits per heavy atom. The van der Waals surface area contributed by atoms with E-state index >= 15 is 0 Å². The predicted octanol–water partition coefficient (Wildman–Crippen LogP) is 4.34. The highest BCUT2D eigenvalue weighted by molar-refractivity contribution is 6.30. The Morgan fingerprint density at radius 1 is 1.45 bits per heavy atom. The zero-order valence-corrected chi connectivity index (χ0v) is 13.1. The number of hydrogen-bond acceptors (Lipinski definition) is 2. The minimum Gasteiger partial charge on any atom is -0.378 e. The number of ether oxygens (including phenoxy) is 1. The average Bonchev–Trinajstić information content (AvgIpc) is 2.35. The first-order valence-electron chi connectivity index (χ1n) is 7.79. The van der Waals surface area contributed by atoms with Gasteiger partial charge >= 0.3 is 0 Å². The van der Waals surface area contributed by atoms with Crippen molar-refractivity contribution in [2.45, 2.75) is 57.7 Å². The van der Waals surface area contributed by atoms with Gasteiger partial charge in [-0.15, -0.1) is 0 Å². The predicted molar refractivity (Wildman–Crippen MR) is 83.1 cm³/mol. The molecule has 0 heterocycles. The standard InChI is InChI=1S/C17H24ClNO/c1-3-20-16-11-15(17(16)8-5-9-17)19-12(2)13-6-4-7-14(18)10-13/h4,6-7,10,12,15-16,19H,3,5,8-9,11H2,1-2H3. The summed E-state index contributed by atoms with van der Waals surface area (Å²) in [6.07, 6.45) is 5.62. The molecule has 1 N–H and O–H groups in total. The zero-order valence-electron chi connectivity index (χ0n) is 12.4. The maximum Gasteiger partial charge on any atom is 0.0661 e. The molecular formula is C17H24ClNO. The molecule has 110 valence electrons. The second-order valence-electron chi connectivity index (χ2n) is 6.26. The van der Waals surface area contributed by atoms with Gasteiger partial charge in [-0.3, -0.25) is 0 Å². The van der Waals surface area contributed by atoms with E-state index in [1.54, 1.807) is 0 Å². The summed E-state index contributed by atoms with van der Waals surface area (Å²) < 4.78 is 5.91. The van der Waals surface area contributed by atoms with Crippen molar-refractivity contribution in [1.82, 2.24) is 5.32 Å². The van der Waals surface area contributed by atoms with Crippen molar-refractivity contribution in [3.63, 3.8) is 0 Å². The number of halogens is 1. The second kappa shape index (κ2) is 5.67. The van der Waals surface area contributed by atoms with Crippen molar-refractivity contribution in [3.05, 3.63) is 34.9 Å². The molecule has 0 bridgehead atoms.